The van der Waals surface area contributed by atoms with Gasteiger partial charge in [-0.05, 0) is 96.4 Å². The molecule has 0 aliphatic rings. The van der Waals surface area contributed by atoms with Gasteiger partial charge in [-0.25, -0.2) is 66.4 Å². The van der Waals surface area contributed by atoms with Crippen LogP contribution in [-0.4, -0.2) is 154 Å². The molecule has 14 heterocycles. The zero-order chi connectivity index (χ0) is 59.6. The predicted molar refractivity (Wildman–Crippen MR) is 318 cm³/mol. The third-order valence-electron chi connectivity index (χ3n) is 13.9. The van der Waals surface area contributed by atoms with Crippen molar-refractivity contribution in [3.63, 3.8) is 0 Å². The van der Waals surface area contributed by atoms with Crippen LogP contribution in [0.15, 0.2) is 165 Å². The number of fused-ring (bicyclic) bond motifs is 6. The van der Waals surface area contributed by atoms with Gasteiger partial charge < -0.3 is 19.0 Å². The number of methoxy groups -OCH3 is 2. The number of rotatable bonds is 15. The van der Waals surface area contributed by atoms with Crippen molar-refractivity contribution in [3.8, 4) is 45.4 Å². The molecule has 0 saturated heterocycles. The molecule has 0 radical (unpaired) electrons. The van der Waals surface area contributed by atoms with Crippen molar-refractivity contribution < 1.29 is 23.0 Å². The molecular weight excluding hydrogens is 1130 g/mol. The number of hydrogen-bond acceptors (Lipinski definition) is 21. The molecule has 1 unspecified atom stereocenters. The maximum Gasteiger partial charge on any atom is 0.238 e. The fourth-order valence-corrected chi connectivity index (χ4v) is 10.1. The number of aliphatic hydroxyl groups excluding tert-OH is 1. The molecule has 15 rings (SSSR count). The highest BCUT2D eigenvalue weighted by atomic mass is 32.2. The minimum atomic E-state index is -3.53. The van der Waals surface area contributed by atoms with Crippen molar-refractivity contribution >= 4 is 66.1 Å². The molecule has 1 aromatic carbocycles. The Hall–Kier alpha value is -11.5. The first-order valence-corrected chi connectivity index (χ1v) is 28.7. The van der Waals surface area contributed by atoms with E-state index >= 15 is 0 Å². The summed E-state index contributed by atoms with van der Waals surface area (Å²) in [7, 11) is -0.467. The van der Waals surface area contributed by atoms with Crippen molar-refractivity contribution in [2.75, 3.05) is 31.8 Å². The van der Waals surface area contributed by atoms with Crippen LogP contribution in [0.3, 0.4) is 0 Å². The molecule has 0 bridgehead atoms. The molecule has 29 nitrogen and oxygen atoms in total. The summed E-state index contributed by atoms with van der Waals surface area (Å²) >= 11 is 0. The van der Waals surface area contributed by atoms with Crippen molar-refractivity contribution in [3.05, 3.63) is 182 Å². The van der Waals surface area contributed by atoms with Crippen LogP contribution >= 0.6 is 0 Å². The van der Waals surface area contributed by atoms with E-state index < -0.39 is 10.0 Å². The molecule has 434 valence electrons. The zero-order valence-corrected chi connectivity index (χ0v) is 47.6. The molecule has 0 amide bonds. The average molecular weight is 1180 g/mol. The second-order valence-corrected chi connectivity index (χ2v) is 21.5. The molecule has 0 saturated carbocycles. The lowest BCUT2D eigenvalue weighted by Gasteiger charge is -2.13. The van der Waals surface area contributed by atoms with Crippen molar-refractivity contribution in [2.45, 2.75) is 32.6 Å². The van der Waals surface area contributed by atoms with Crippen LogP contribution in [0.25, 0.3) is 84.2 Å². The highest BCUT2D eigenvalue weighted by molar-refractivity contribution is 7.92. The van der Waals surface area contributed by atoms with Crippen molar-refractivity contribution in [1.82, 2.24) is 113 Å². The number of aromatic nitrogens is 23. The predicted octanol–water partition coefficient (Wildman–Crippen LogP) is 5.89. The molecule has 87 heavy (non-hydrogen) atoms. The molecule has 0 aliphatic carbocycles. The van der Waals surface area contributed by atoms with E-state index in [0.717, 1.165) is 62.1 Å². The lowest BCUT2D eigenvalue weighted by molar-refractivity contribution is 0.269. The van der Waals surface area contributed by atoms with Crippen LogP contribution in [0.5, 0.6) is 11.6 Å². The van der Waals surface area contributed by atoms with Crippen LogP contribution < -0.4 is 14.2 Å². The Bertz CT molecular complexity index is 5070. The fraction of sp³-hybridized carbons (Fsp3) is 0.158. The largest absolute Gasteiger partial charge is 0.497 e. The van der Waals surface area contributed by atoms with E-state index in [0.29, 0.717) is 70.5 Å². The summed E-state index contributed by atoms with van der Waals surface area (Å²) in [6, 6.07) is 29.3. The molecule has 1 atom stereocenters. The number of nitrogens with zero attached hydrogens (tertiary/aromatic N) is 23. The van der Waals surface area contributed by atoms with E-state index in [1.165, 1.54) is 7.11 Å². The van der Waals surface area contributed by atoms with Gasteiger partial charge in [0.15, 0.2) is 16.9 Å². The Kier molecular flexibility index (Phi) is 14.6. The smallest absolute Gasteiger partial charge is 0.238 e. The van der Waals surface area contributed by atoms with E-state index in [4.69, 9.17) is 24.5 Å². The SMILES string of the molecule is COc1ccc(-c2cnc3nnn(Cc4ccc5ccnn5c4)c3n2)cc1.COc1ncc(-c2cnc3nnn(C(C)c4ccc5cccn5c4)c3n2)cc1NS(C)(=O)=O.OCCn1cc(-c2cnc3nnn(Cc4ccc5ccnn5c4)c3n2)cn1. The molecule has 0 spiro atoms. The summed E-state index contributed by atoms with van der Waals surface area (Å²) in [5, 5.41) is 46.8. The Morgan fingerprint density at radius 1 is 0.586 bits per heavy atom. The lowest BCUT2D eigenvalue weighted by atomic mass is 10.1. The maximum absolute atomic E-state index is 11.7. The first-order chi connectivity index (χ1) is 42.4. The Morgan fingerprint density at radius 2 is 1.18 bits per heavy atom. The Labute approximate surface area is 492 Å². The number of nitrogens with one attached hydrogen (secondary N) is 1. The highest BCUT2D eigenvalue weighted by Gasteiger charge is 2.20. The minimum absolute atomic E-state index is 0.0309. The van der Waals surface area contributed by atoms with Gasteiger partial charge in [0.2, 0.25) is 32.8 Å². The Balaban J connectivity index is 0.000000122. The molecule has 30 heteroatoms. The second-order valence-electron chi connectivity index (χ2n) is 19.8. The van der Waals surface area contributed by atoms with Gasteiger partial charge in [-0.3, -0.25) is 9.40 Å². The minimum Gasteiger partial charge on any atom is -0.497 e. The van der Waals surface area contributed by atoms with Gasteiger partial charge in [0, 0.05) is 71.8 Å². The summed E-state index contributed by atoms with van der Waals surface area (Å²) in [6.45, 7) is 3.52. The summed E-state index contributed by atoms with van der Waals surface area (Å²) in [5.74, 6) is 0.951. The number of benzene rings is 1. The summed E-state index contributed by atoms with van der Waals surface area (Å²) in [6.07, 6.45) is 22.5. The van der Waals surface area contributed by atoms with Crippen LogP contribution in [0.4, 0.5) is 5.69 Å². The van der Waals surface area contributed by atoms with E-state index in [2.05, 4.69) is 75.9 Å². The number of pyridine rings is 4. The Morgan fingerprint density at radius 3 is 1.80 bits per heavy atom. The van der Waals surface area contributed by atoms with E-state index in [-0.39, 0.29) is 24.2 Å². The third kappa shape index (κ3) is 11.6. The first kappa shape index (κ1) is 54.7. The number of ether oxygens (including phenoxy) is 2. The summed E-state index contributed by atoms with van der Waals surface area (Å²) < 4.78 is 48.8. The van der Waals surface area contributed by atoms with E-state index in [1.54, 1.807) is 75.3 Å². The maximum atomic E-state index is 11.7. The molecule has 14 aromatic heterocycles. The normalized spacial score (nSPS) is 12.0. The van der Waals surface area contributed by atoms with Crippen molar-refractivity contribution in [1.29, 1.82) is 0 Å². The number of sulfonamides is 1. The fourth-order valence-electron chi connectivity index (χ4n) is 9.53. The number of aliphatic hydroxyl groups is 1. The summed E-state index contributed by atoms with van der Waals surface area (Å²) in [5.41, 5.74) is 13.9. The van der Waals surface area contributed by atoms with E-state index in [1.807, 2.05) is 136 Å². The van der Waals surface area contributed by atoms with Crippen LogP contribution in [0.2, 0.25) is 0 Å². The zero-order valence-electron chi connectivity index (χ0n) is 46.8. The molecule has 0 aliphatic heterocycles. The van der Waals surface area contributed by atoms with Gasteiger partial charge in [-0.15, -0.1) is 15.3 Å². The topological polar surface area (TPSA) is 324 Å². The first-order valence-electron chi connectivity index (χ1n) is 26.8. The van der Waals surface area contributed by atoms with Gasteiger partial charge in [-0.1, -0.05) is 33.8 Å². The molecule has 0 fully saturated rings. The lowest BCUT2D eigenvalue weighted by Crippen LogP contribution is -2.11. The summed E-state index contributed by atoms with van der Waals surface area (Å²) in [4.78, 5) is 31.4. The molecule has 2 N–H and O–H groups in total. The second kappa shape index (κ2) is 23.3. The number of anilines is 1. The standard InChI is InChI=1S/C21H20N8O3S.C19H15N7O.C17H15N9O/c1-13(14-6-7-16-5-4-8-28(16)12-14)29-20-19(25-27-29)22-11-18(24-20)15-9-17(26-33(3,30)31)21(32-2)23-10-15;1-27-16-6-3-14(4-7-16)17-10-20-18-19(22-17)26(24-23-18)12-13-2-5-15-8-9-21-25(15)11-13;27-6-5-24-11-13(7-20-24)15-8-18-16-17(21-15)26(23-22-16)10-12-1-2-14-3-4-19-25(14)9-12/h4-13,26H,1-3H3;2-11H,12H2,1H3;1-4,7-9,11,27H,5-6,10H2. The van der Waals surface area contributed by atoms with Gasteiger partial charge in [0.05, 0.1) is 106 Å². The van der Waals surface area contributed by atoms with Crippen molar-refractivity contribution in [2.24, 2.45) is 0 Å². The van der Waals surface area contributed by atoms with E-state index in [9.17, 15) is 8.42 Å². The van der Waals surface area contributed by atoms with Crippen LogP contribution in [-0.2, 0) is 29.7 Å². The van der Waals surface area contributed by atoms with Gasteiger partial charge in [0.25, 0.3) is 0 Å². The van der Waals surface area contributed by atoms with Crippen LogP contribution in [0, 0.1) is 0 Å². The van der Waals surface area contributed by atoms with Gasteiger partial charge in [-0.2, -0.15) is 15.3 Å². The third-order valence-corrected chi connectivity index (χ3v) is 14.5. The monoisotopic (exact) mass is 1180 g/mol. The number of hydrogen-bond donors (Lipinski definition) is 2. The average Bonchev–Trinajstić information content (AvgIpc) is 4.51. The highest BCUT2D eigenvalue weighted by Crippen LogP contribution is 2.30. The van der Waals surface area contributed by atoms with Gasteiger partial charge >= 0.3 is 0 Å². The quantitative estimate of drug-likeness (QED) is 0.121. The molecule has 15 aromatic rings. The molecular formula is C57H50N24O5S. The van der Waals surface area contributed by atoms with Gasteiger partial charge in [0.1, 0.15) is 11.4 Å². The van der Waals surface area contributed by atoms with Crippen LogP contribution in [0.1, 0.15) is 29.7 Å².